The number of carbonyl (C=O) groups excluding carboxylic acids is 2. The van der Waals surface area contributed by atoms with E-state index in [1.165, 1.54) is 17.4 Å². The van der Waals surface area contributed by atoms with Gasteiger partial charge in [0.25, 0.3) is 5.91 Å². The number of nitrogens with one attached hydrogen (secondary N) is 1. The van der Waals surface area contributed by atoms with E-state index in [0.717, 1.165) is 29.0 Å². The third-order valence-corrected chi connectivity index (χ3v) is 4.24. The topological polar surface area (TPSA) is 55.4 Å². The summed E-state index contributed by atoms with van der Waals surface area (Å²) >= 11 is 1.28. The molecule has 0 atom stereocenters. The lowest BCUT2D eigenvalue weighted by atomic mass is 10.2. The fraction of sp³-hybridized carbons (Fsp3) is 0.250. The molecule has 2 aromatic rings. The molecule has 2 rings (SSSR count). The summed E-state index contributed by atoms with van der Waals surface area (Å²) in [5, 5.41) is 2.05. The van der Waals surface area contributed by atoms with Gasteiger partial charge in [0.1, 0.15) is 22.2 Å². The predicted octanol–water partition coefficient (Wildman–Crippen LogP) is 3.69. The van der Waals surface area contributed by atoms with Crippen LogP contribution in [0.3, 0.4) is 0 Å². The number of ether oxygens (including phenoxy) is 1. The second-order valence-electron chi connectivity index (χ2n) is 4.77. The highest BCUT2D eigenvalue weighted by Gasteiger charge is 2.16. The summed E-state index contributed by atoms with van der Waals surface area (Å²) in [4.78, 5) is 24.9. The molecule has 1 aromatic carbocycles. The van der Waals surface area contributed by atoms with Gasteiger partial charge in [-0.1, -0.05) is 13.0 Å². The Morgan fingerprint density at radius 1 is 1.26 bits per heavy atom. The Hall–Kier alpha value is -2.28. The van der Waals surface area contributed by atoms with Gasteiger partial charge in [0, 0.05) is 4.88 Å². The lowest BCUT2D eigenvalue weighted by Gasteiger charge is -2.07. The van der Waals surface area contributed by atoms with Crippen molar-refractivity contribution < 1.29 is 23.1 Å². The van der Waals surface area contributed by atoms with Crippen molar-refractivity contribution in [1.29, 1.82) is 0 Å². The molecule has 0 saturated heterocycles. The summed E-state index contributed by atoms with van der Waals surface area (Å²) in [5.41, 5.74) is 0.480. The van der Waals surface area contributed by atoms with Crippen LogP contribution < -0.4 is 5.32 Å². The number of carbonyl (C=O) groups is 2. The van der Waals surface area contributed by atoms with Crippen LogP contribution in [0.5, 0.6) is 0 Å². The van der Waals surface area contributed by atoms with Gasteiger partial charge < -0.3 is 10.1 Å². The first-order valence-corrected chi connectivity index (χ1v) is 7.74. The van der Waals surface area contributed by atoms with Crippen LogP contribution in [0.4, 0.5) is 14.5 Å². The minimum absolute atomic E-state index is 0.393. The average molecular weight is 339 g/mol. The molecule has 122 valence electrons. The van der Waals surface area contributed by atoms with Gasteiger partial charge in [-0.25, -0.2) is 13.6 Å². The molecular weight excluding hydrogens is 324 g/mol. The third kappa shape index (κ3) is 4.13. The lowest BCUT2D eigenvalue weighted by Crippen LogP contribution is -2.21. The summed E-state index contributed by atoms with van der Waals surface area (Å²) in [6.07, 6.45) is 0.794. The third-order valence-electron chi connectivity index (χ3n) is 3.16. The van der Waals surface area contributed by atoms with Crippen molar-refractivity contribution in [3.8, 4) is 0 Å². The van der Waals surface area contributed by atoms with Gasteiger partial charge in [-0.15, -0.1) is 11.3 Å². The Kier molecular flexibility index (Phi) is 5.44. The Morgan fingerprint density at radius 2 is 1.91 bits per heavy atom. The largest absolute Gasteiger partial charge is 0.451 e. The molecule has 4 nitrogen and oxygen atoms in total. The van der Waals surface area contributed by atoms with Crippen molar-refractivity contribution in [2.45, 2.75) is 20.3 Å². The number of hydrogen-bond donors (Lipinski definition) is 1. The molecule has 0 aliphatic rings. The molecule has 1 heterocycles. The molecule has 1 aromatic heterocycles. The Bertz CT molecular complexity index is 723. The van der Waals surface area contributed by atoms with Crippen molar-refractivity contribution in [1.82, 2.24) is 0 Å². The van der Waals surface area contributed by atoms with Crippen LogP contribution in [-0.2, 0) is 16.0 Å². The number of aryl methyl sites for hydroxylation is 2. The highest BCUT2D eigenvalue weighted by molar-refractivity contribution is 7.14. The first-order valence-electron chi connectivity index (χ1n) is 6.92. The van der Waals surface area contributed by atoms with Crippen molar-refractivity contribution in [2.75, 3.05) is 11.9 Å². The zero-order chi connectivity index (χ0) is 17.0. The van der Waals surface area contributed by atoms with Gasteiger partial charge >= 0.3 is 5.97 Å². The smallest absolute Gasteiger partial charge is 0.348 e. The quantitative estimate of drug-likeness (QED) is 0.845. The molecule has 7 heteroatoms. The van der Waals surface area contributed by atoms with Crippen LogP contribution in [0.15, 0.2) is 24.3 Å². The van der Waals surface area contributed by atoms with Gasteiger partial charge in [0.15, 0.2) is 6.61 Å². The van der Waals surface area contributed by atoms with Crippen molar-refractivity contribution in [3.05, 3.63) is 51.2 Å². The van der Waals surface area contributed by atoms with Crippen molar-refractivity contribution in [2.24, 2.45) is 0 Å². The molecule has 0 saturated carbocycles. The maximum Gasteiger partial charge on any atom is 0.348 e. The van der Waals surface area contributed by atoms with Crippen LogP contribution in [0, 0.1) is 18.6 Å². The number of para-hydroxylation sites is 1. The van der Waals surface area contributed by atoms with Crippen LogP contribution in [0.25, 0.3) is 0 Å². The number of benzene rings is 1. The fourth-order valence-corrected chi connectivity index (χ4v) is 2.97. The summed E-state index contributed by atoms with van der Waals surface area (Å²) in [7, 11) is 0. The summed E-state index contributed by atoms with van der Waals surface area (Å²) in [6, 6.07) is 4.94. The highest BCUT2D eigenvalue weighted by Crippen LogP contribution is 2.23. The monoisotopic (exact) mass is 339 g/mol. The minimum Gasteiger partial charge on any atom is -0.451 e. The van der Waals surface area contributed by atoms with E-state index >= 15 is 0 Å². The van der Waals surface area contributed by atoms with Gasteiger partial charge in [0.2, 0.25) is 0 Å². The van der Waals surface area contributed by atoms with Crippen LogP contribution >= 0.6 is 11.3 Å². The normalized spacial score (nSPS) is 10.4. The van der Waals surface area contributed by atoms with Crippen LogP contribution in [-0.4, -0.2) is 18.5 Å². The highest BCUT2D eigenvalue weighted by atomic mass is 32.1. The molecule has 23 heavy (non-hydrogen) atoms. The predicted molar refractivity (Wildman–Crippen MR) is 83.7 cm³/mol. The van der Waals surface area contributed by atoms with E-state index in [1.54, 1.807) is 6.07 Å². The van der Waals surface area contributed by atoms with Gasteiger partial charge in [-0.3, -0.25) is 4.79 Å². The molecule has 0 aliphatic heterocycles. The number of hydrogen-bond acceptors (Lipinski definition) is 4. The molecule has 0 unspecified atom stereocenters. The summed E-state index contributed by atoms with van der Waals surface area (Å²) < 4.78 is 31.7. The minimum atomic E-state index is -0.897. The van der Waals surface area contributed by atoms with E-state index in [-0.39, 0.29) is 0 Å². The SMILES string of the molecule is CCc1cc(C(=O)OCC(=O)Nc2c(F)cccc2F)sc1C. The Balaban J connectivity index is 1.95. The van der Waals surface area contributed by atoms with Crippen molar-refractivity contribution >= 4 is 28.9 Å². The zero-order valence-corrected chi connectivity index (χ0v) is 13.4. The maximum absolute atomic E-state index is 13.4. The van der Waals surface area contributed by atoms with Crippen LogP contribution in [0.2, 0.25) is 0 Å². The van der Waals surface area contributed by atoms with Gasteiger partial charge in [0.05, 0.1) is 0 Å². The lowest BCUT2D eigenvalue weighted by molar-refractivity contribution is -0.119. The number of halogens is 2. The molecule has 0 aliphatic carbocycles. The maximum atomic E-state index is 13.4. The van der Waals surface area contributed by atoms with E-state index in [4.69, 9.17) is 4.74 Å². The van der Waals surface area contributed by atoms with Crippen molar-refractivity contribution in [3.63, 3.8) is 0 Å². The molecule has 0 fully saturated rings. The fourth-order valence-electron chi connectivity index (χ4n) is 1.97. The van der Waals surface area contributed by atoms with Crippen LogP contribution in [0.1, 0.15) is 27.0 Å². The first-order chi connectivity index (χ1) is 10.9. The number of thiophene rings is 1. The molecule has 0 bridgehead atoms. The zero-order valence-electron chi connectivity index (χ0n) is 12.6. The second-order valence-corrected chi connectivity index (χ2v) is 6.02. The molecule has 1 amide bonds. The Morgan fingerprint density at radius 3 is 2.48 bits per heavy atom. The first kappa shape index (κ1) is 17.1. The number of rotatable bonds is 5. The Labute approximate surface area is 136 Å². The van der Waals surface area contributed by atoms with E-state index in [2.05, 4.69) is 5.32 Å². The van der Waals surface area contributed by atoms with Gasteiger partial charge in [-0.05, 0) is 37.1 Å². The number of anilines is 1. The number of esters is 1. The standard InChI is InChI=1S/C16H15F2NO3S/c1-3-10-7-13(23-9(10)2)16(21)22-8-14(20)19-15-11(17)5-4-6-12(15)18/h4-7H,3,8H2,1-2H3,(H,19,20). The summed E-state index contributed by atoms with van der Waals surface area (Å²) in [6.45, 7) is 3.25. The van der Waals surface area contributed by atoms with E-state index < -0.39 is 35.8 Å². The molecule has 1 N–H and O–H groups in total. The van der Waals surface area contributed by atoms with E-state index in [1.807, 2.05) is 13.8 Å². The number of amides is 1. The van der Waals surface area contributed by atoms with E-state index in [0.29, 0.717) is 4.88 Å². The van der Waals surface area contributed by atoms with E-state index in [9.17, 15) is 18.4 Å². The molecule has 0 radical (unpaired) electrons. The second kappa shape index (κ2) is 7.32. The van der Waals surface area contributed by atoms with Gasteiger partial charge in [-0.2, -0.15) is 0 Å². The summed E-state index contributed by atoms with van der Waals surface area (Å²) in [5.74, 6) is -3.24. The molecular formula is C16H15F2NO3S. The molecule has 0 spiro atoms. The average Bonchev–Trinajstić information content (AvgIpc) is 2.90.